The Bertz CT molecular complexity index is 852. The Morgan fingerprint density at radius 1 is 1.24 bits per heavy atom. The van der Waals surface area contributed by atoms with E-state index in [1.807, 2.05) is 35.4 Å². The molecule has 0 spiro atoms. The van der Waals surface area contributed by atoms with Gasteiger partial charge in [-0.15, -0.1) is 0 Å². The Morgan fingerprint density at radius 3 is 2.88 bits per heavy atom. The van der Waals surface area contributed by atoms with Gasteiger partial charge in [-0.1, -0.05) is 18.2 Å². The number of likely N-dealkylation sites (tertiary alicyclic amines) is 1. The first-order valence-corrected chi connectivity index (χ1v) is 8.65. The number of carbonyl (C=O) groups excluding carboxylic acids is 1. The Labute approximate surface area is 146 Å². The lowest BCUT2D eigenvalue weighted by Crippen LogP contribution is -2.43. The number of anilines is 1. The van der Waals surface area contributed by atoms with Gasteiger partial charge in [0.05, 0.1) is 6.42 Å². The molecule has 1 aliphatic rings. The first-order chi connectivity index (χ1) is 12.3. The van der Waals surface area contributed by atoms with E-state index in [9.17, 15) is 4.79 Å². The van der Waals surface area contributed by atoms with E-state index < -0.39 is 0 Å². The number of rotatable bonds is 4. The number of fused-ring (bicyclic) bond motifs is 1. The van der Waals surface area contributed by atoms with Gasteiger partial charge in [-0.3, -0.25) is 4.79 Å². The molecular weight excluding hydrogens is 314 g/mol. The van der Waals surface area contributed by atoms with Crippen LogP contribution in [0.25, 0.3) is 10.9 Å². The van der Waals surface area contributed by atoms with Crippen molar-refractivity contribution in [2.75, 3.05) is 18.4 Å². The van der Waals surface area contributed by atoms with Gasteiger partial charge in [-0.05, 0) is 30.5 Å². The Kier molecular flexibility index (Phi) is 4.33. The number of benzene rings is 1. The van der Waals surface area contributed by atoms with E-state index in [4.69, 9.17) is 0 Å². The quantitative estimate of drug-likeness (QED) is 0.768. The predicted molar refractivity (Wildman–Crippen MR) is 97.3 cm³/mol. The molecule has 0 unspecified atom stereocenters. The smallest absolute Gasteiger partial charge is 0.227 e. The number of nitrogens with one attached hydrogen (secondary N) is 2. The van der Waals surface area contributed by atoms with Gasteiger partial charge in [0, 0.05) is 42.4 Å². The van der Waals surface area contributed by atoms with Gasteiger partial charge in [0.2, 0.25) is 5.91 Å². The molecule has 6 heteroatoms. The summed E-state index contributed by atoms with van der Waals surface area (Å²) in [5, 5.41) is 4.55. The number of aromatic nitrogens is 3. The Morgan fingerprint density at radius 2 is 2.08 bits per heavy atom. The van der Waals surface area contributed by atoms with Crippen LogP contribution in [0.2, 0.25) is 0 Å². The number of carbonyl (C=O) groups is 1. The molecule has 0 atom stereocenters. The van der Waals surface area contributed by atoms with Crippen LogP contribution in [0, 0.1) is 0 Å². The minimum atomic E-state index is 0.199. The van der Waals surface area contributed by atoms with E-state index >= 15 is 0 Å². The summed E-state index contributed by atoms with van der Waals surface area (Å²) in [7, 11) is 0. The van der Waals surface area contributed by atoms with Crippen molar-refractivity contribution in [2.24, 2.45) is 0 Å². The van der Waals surface area contributed by atoms with E-state index in [1.54, 1.807) is 12.5 Å². The summed E-state index contributed by atoms with van der Waals surface area (Å²) in [6.45, 7) is 1.56. The SMILES string of the molecule is O=C(Cc1c[nH]c2ccccc12)N1CCC(Nc2ccncn2)CC1. The molecule has 0 radical (unpaired) electrons. The monoisotopic (exact) mass is 335 g/mol. The van der Waals surface area contributed by atoms with Crippen LogP contribution in [0.1, 0.15) is 18.4 Å². The third-order valence-electron chi connectivity index (χ3n) is 4.80. The van der Waals surface area contributed by atoms with Gasteiger partial charge in [-0.25, -0.2) is 9.97 Å². The van der Waals surface area contributed by atoms with Crippen LogP contribution >= 0.6 is 0 Å². The second kappa shape index (κ2) is 6.93. The average molecular weight is 335 g/mol. The zero-order valence-electron chi connectivity index (χ0n) is 14.0. The first kappa shape index (κ1) is 15.6. The van der Waals surface area contributed by atoms with Gasteiger partial charge in [0.15, 0.2) is 0 Å². The van der Waals surface area contributed by atoms with E-state index in [1.165, 1.54) is 0 Å². The predicted octanol–water partition coefficient (Wildman–Crippen LogP) is 2.60. The molecule has 0 aliphatic carbocycles. The van der Waals surface area contributed by atoms with Crippen LogP contribution in [0.4, 0.5) is 5.82 Å². The molecule has 1 amide bonds. The van der Waals surface area contributed by atoms with Gasteiger partial charge < -0.3 is 15.2 Å². The highest BCUT2D eigenvalue weighted by molar-refractivity contribution is 5.88. The van der Waals surface area contributed by atoms with Gasteiger partial charge in [-0.2, -0.15) is 0 Å². The fourth-order valence-corrected chi connectivity index (χ4v) is 3.41. The van der Waals surface area contributed by atoms with E-state index in [2.05, 4.69) is 26.3 Å². The van der Waals surface area contributed by atoms with Crippen LogP contribution in [0.5, 0.6) is 0 Å². The highest BCUT2D eigenvalue weighted by atomic mass is 16.2. The summed E-state index contributed by atoms with van der Waals surface area (Å²) < 4.78 is 0. The summed E-state index contributed by atoms with van der Waals surface area (Å²) in [5.41, 5.74) is 2.15. The maximum atomic E-state index is 12.6. The number of nitrogens with zero attached hydrogens (tertiary/aromatic N) is 3. The van der Waals surface area contributed by atoms with Gasteiger partial charge >= 0.3 is 0 Å². The highest BCUT2D eigenvalue weighted by Gasteiger charge is 2.23. The normalized spacial score (nSPS) is 15.4. The summed E-state index contributed by atoms with van der Waals surface area (Å²) in [4.78, 5) is 26.0. The van der Waals surface area contributed by atoms with Crippen LogP contribution in [-0.4, -0.2) is 44.9 Å². The third-order valence-corrected chi connectivity index (χ3v) is 4.80. The maximum Gasteiger partial charge on any atom is 0.227 e. The molecular formula is C19H21N5O. The van der Waals surface area contributed by atoms with Crippen LogP contribution in [0.15, 0.2) is 49.1 Å². The number of hydrogen-bond donors (Lipinski definition) is 2. The molecule has 3 aromatic rings. The van der Waals surface area contributed by atoms with Crippen molar-refractivity contribution < 1.29 is 4.79 Å². The van der Waals surface area contributed by atoms with Gasteiger partial charge in [0.1, 0.15) is 12.1 Å². The summed E-state index contributed by atoms with van der Waals surface area (Å²) >= 11 is 0. The van der Waals surface area contributed by atoms with Crippen molar-refractivity contribution in [1.29, 1.82) is 0 Å². The molecule has 128 valence electrons. The molecule has 1 aromatic carbocycles. The molecule has 4 rings (SSSR count). The molecule has 6 nitrogen and oxygen atoms in total. The minimum absolute atomic E-state index is 0.199. The Hall–Kier alpha value is -2.89. The van der Waals surface area contributed by atoms with Crippen molar-refractivity contribution in [3.05, 3.63) is 54.6 Å². The number of amides is 1. The van der Waals surface area contributed by atoms with Crippen molar-refractivity contribution >= 4 is 22.6 Å². The molecule has 25 heavy (non-hydrogen) atoms. The second-order valence-corrected chi connectivity index (χ2v) is 6.43. The zero-order chi connectivity index (χ0) is 17.1. The van der Waals surface area contributed by atoms with Crippen molar-refractivity contribution in [3.63, 3.8) is 0 Å². The number of hydrogen-bond acceptors (Lipinski definition) is 4. The molecule has 0 saturated carbocycles. The van der Waals surface area contributed by atoms with Crippen molar-refractivity contribution in [1.82, 2.24) is 19.9 Å². The van der Waals surface area contributed by atoms with Crippen LogP contribution in [0.3, 0.4) is 0 Å². The van der Waals surface area contributed by atoms with E-state index in [0.717, 1.165) is 48.2 Å². The van der Waals surface area contributed by atoms with Gasteiger partial charge in [0.25, 0.3) is 0 Å². The lowest BCUT2D eigenvalue weighted by molar-refractivity contribution is -0.131. The lowest BCUT2D eigenvalue weighted by atomic mass is 10.0. The first-order valence-electron chi connectivity index (χ1n) is 8.65. The summed E-state index contributed by atoms with van der Waals surface area (Å²) in [6, 6.07) is 10.3. The zero-order valence-corrected chi connectivity index (χ0v) is 14.0. The van der Waals surface area contributed by atoms with E-state index in [-0.39, 0.29) is 5.91 Å². The molecule has 2 N–H and O–H groups in total. The maximum absolute atomic E-state index is 12.6. The van der Waals surface area contributed by atoms with E-state index in [0.29, 0.717) is 12.5 Å². The fourth-order valence-electron chi connectivity index (χ4n) is 3.41. The second-order valence-electron chi connectivity index (χ2n) is 6.43. The molecule has 3 heterocycles. The molecule has 1 aliphatic heterocycles. The van der Waals surface area contributed by atoms with Crippen molar-refractivity contribution in [3.8, 4) is 0 Å². The number of aromatic amines is 1. The summed E-state index contributed by atoms with van der Waals surface area (Å²) in [6.07, 6.45) is 7.55. The third kappa shape index (κ3) is 3.47. The topological polar surface area (TPSA) is 73.9 Å². The summed E-state index contributed by atoms with van der Waals surface area (Å²) in [5.74, 6) is 1.05. The highest BCUT2D eigenvalue weighted by Crippen LogP contribution is 2.20. The van der Waals surface area contributed by atoms with Crippen LogP contribution < -0.4 is 5.32 Å². The molecule has 1 saturated heterocycles. The average Bonchev–Trinajstić information content (AvgIpc) is 3.06. The van der Waals surface area contributed by atoms with Crippen LogP contribution in [-0.2, 0) is 11.2 Å². The lowest BCUT2D eigenvalue weighted by Gasteiger charge is -2.32. The standard InChI is InChI=1S/C19H21N5O/c25-19(11-14-12-21-17-4-2-1-3-16(14)17)24-9-6-15(7-10-24)23-18-5-8-20-13-22-18/h1-5,8,12-13,15,21H,6-7,9-11H2,(H,20,22,23). The van der Waals surface area contributed by atoms with Crippen molar-refractivity contribution in [2.45, 2.75) is 25.3 Å². The largest absolute Gasteiger partial charge is 0.367 e. The number of H-pyrrole nitrogens is 1. The Balaban J connectivity index is 1.33. The molecule has 1 fully saturated rings. The fraction of sp³-hybridized carbons (Fsp3) is 0.316. The minimum Gasteiger partial charge on any atom is -0.367 e. The molecule has 2 aromatic heterocycles. The number of piperidine rings is 1. The number of para-hydroxylation sites is 1. The molecule has 0 bridgehead atoms.